The Hall–Kier alpha value is -4.08. The van der Waals surface area contributed by atoms with E-state index in [1.54, 1.807) is 0 Å². The van der Waals surface area contributed by atoms with E-state index in [2.05, 4.69) is 21.3 Å². The van der Waals surface area contributed by atoms with Crippen LogP contribution in [0.1, 0.15) is 36.8 Å². The van der Waals surface area contributed by atoms with Gasteiger partial charge in [0.15, 0.2) is 0 Å². The van der Waals surface area contributed by atoms with E-state index in [-0.39, 0.29) is 12.8 Å². The number of carboxylic acid groups (broad SMARTS) is 2. The third-order valence-corrected chi connectivity index (χ3v) is 5.45. The van der Waals surface area contributed by atoms with Gasteiger partial charge in [0.25, 0.3) is 0 Å². The van der Waals surface area contributed by atoms with Gasteiger partial charge in [0.2, 0.25) is 0 Å². The predicted molar refractivity (Wildman–Crippen MR) is 135 cm³/mol. The molecule has 6 N–H and O–H groups in total. The molecule has 194 valence electrons. The van der Waals surface area contributed by atoms with Crippen molar-refractivity contribution in [3.63, 3.8) is 0 Å². The first-order chi connectivity index (χ1) is 17.3. The van der Waals surface area contributed by atoms with Gasteiger partial charge in [-0.3, -0.25) is 0 Å². The number of hydrogen-bond acceptors (Lipinski definition) is 4. The molecule has 0 heterocycles. The Bertz CT molecular complexity index is 891. The molecule has 0 aliphatic carbocycles. The van der Waals surface area contributed by atoms with Crippen molar-refractivity contribution >= 4 is 24.0 Å². The van der Waals surface area contributed by atoms with E-state index in [0.717, 1.165) is 24.0 Å². The Morgan fingerprint density at radius 1 is 0.583 bits per heavy atom. The van der Waals surface area contributed by atoms with Gasteiger partial charge in [-0.05, 0) is 24.0 Å². The van der Waals surface area contributed by atoms with Crippen LogP contribution in [0.15, 0.2) is 60.7 Å². The molecule has 0 spiro atoms. The van der Waals surface area contributed by atoms with Gasteiger partial charge in [-0.15, -0.1) is 0 Å². The van der Waals surface area contributed by atoms with Crippen LogP contribution >= 0.6 is 0 Å². The van der Waals surface area contributed by atoms with Crippen LogP contribution in [-0.2, 0) is 22.4 Å². The zero-order valence-electron chi connectivity index (χ0n) is 20.1. The summed E-state index contributed by atoms with van der Waals surface area (Å²) in [6.07, 6.45) is 3.42. The minimum absolute atomic E-state index is 0.198. The van der Waals surface area contributed by atoms with Crippen LogP contribution < -0.4 is 21.3 Å². The highest BCUT2D eigenvalue weighted by Gasteiger charge is 2.21. The average molecular weight is 499 g/mol. The zero-order chi connectivity index (χ0) is 26.2. The maximum atomic E-state index is 12.0. The van der Waals surface area contributed by atoms with Crippen LogP contribution in [0.4, 0.5) is 9.59 Å². The molecule has 2 atom stereocenters. The van der Waals surface area contributed by atoms with Crippen molar-refractivity contribution in [2.24, 2.45) is 0 Å². The second-order valence-electron chi connectivity index (χ2n) is 8.38. The first-order valence-corrected chi connectivity index (χ1v) is 12.0. The third-order valence-electron chi connectivity index (χ3n) is 5.45. The number of unbranched alkanes of at least 4 members (excludes halogenated alkanes) is 3. The Morgan fingerprint density at radius 2 is 0.944 bits per heavy atom. The molecule has 4 amide bonds. The Balaban J connectivity index is 1.55. The average Bonchev–Trinajstić information content (AvgIpc) is 2.86. The van der Waals surface area contributed by atoms with Gasteiger partial charge in [-0.25, -0.2) is 19.2 Å². The van der Waals surface area contributed by atoms with Crippen LogP contribution in [0.2, 0.25) is 0 Å². The monoisotopic (exact) mass is 498 g/mol. The summed E-state index contributed by atoms with van der Waals surface area (Å²) in [4.78, 5) is 46.9. The summed E-state index contributed by atoms with van der Waals surface area (Å²) in [5.41, 5.74) is 1.64. The van der Waals surface area contributed by atoms with E-state index in [0.29, 0.717) is 25.9 Å². The van der Waals surface area contributed by atoms with Crippen LogP contribution in [0.5, 0.6) is 0 Å². The third kappa shape index (κ3) is 11.4. The number of hydrogen-bond donors (Lipinski definition) is 6. The van der Waals surface area contributed by atoms with Gasteiger partial charge in [0, 0.05) is 25.9 Å². The lowest BCUT2D eigenvalue weighted by atomic mass is 10.1. The largest absolute Gasteiger partial charge is 0.480 e. The smallest absolute Gasteiger partial charge is 0.326 e. The molecule has 2 aromatic carbocycles. The lowest BCUT2D eigenvalue weighted by Gasteiger charge is -2.15. The number of aliphatic carboxylic acids is 2. The molecular formula is C26H34N4O6. The molecule has 10 nitrogen and oxygen atoms in total. The number of rotatable bonds is 15. The maximum absolute atomic E-state index is 12.0. The summed E-state index contributed by atoms with van der Waals surface area (Å²) in [5, 5.41) is 29.0. The van der Waals surface area contributed by atoms with Crippen LogP contribution in [0.25, 0.3) is 0 Å². The standard InChI is InChI=1S/C26H34N4O6/c31-23(32)21(17-19-11-5-3-6-12-19)29-25(35)27-15-9-1-2-10-16-28-26(36)30-22(24(33)34)18-20-13-7-4-8-14-20/h3-8,11-14,21-22H,1-2,9-10,15-18H2,(H,31,32)(H,33,34)(H2,27,29,35)(H2,28,30,36). The Labute approximate surface area is 210 Å². The molecule has 2 unspecified atom stereocenters. The second-order valence-corrected chi connectivity index (χ2v) is 8.38. The fourth-order valence-electron chi connectivity index (χ4n) is 3.53. The van der Waals surface area contributed by atoms with E-state index in [1.807, 2.05) is 60.7 Å². The van der Waals surface area contributed by atoms with Crippen molar-refractivity contribution < 1.29 is 29.4 Å². The zero-order valence-corrected chi connectivity index (χ0v) is 20.1. The molecule has 0 radical (unpaired) electrons. The highest BCUT2D eigenvalue weighted by atomic mass is 16.4. The topological polar surface area (TPSA) is 157 Å². The van der Waals surface area contributed by atoms with Crippen LogP contribution in [-0.4, -0.2) is 59.4 Å². The highest BCUT2D eigenvalue weighted by molar-refractivity contribution is 5.83. The van der Waals surface area contributed by atoms with Gasteiger partial charge in [0.05, 0.1) is 0 Å². The molecule has 0 fully saturated rings. The summed E-state index contributed by atoms with van der Waals surface area (Å²) in [5.74, 6) is -2.19. The molecule has 10 heteroatoms. The number of benzene rings is 2. The van der Waals surface area contributed by atoms with Gasteiger partial charge >= 0.3 is 24.0 Å². The SMILES string of the molecule is O=C(NCCCCCCNC(=O)NC(Cc1ccccc1)C(=O)O)NC(Cc1ccccc1)C(=O)O. The maximum Gasteiger partial charge on any atom is 0.326 e. The summed E-state index contributed by atoms with van der Waals surface area (Å²) in [7, 11) is 0. The van der Waals surface area contributed by atoms with Crippen molar-refractivity contribution in [2.45, 2.75) is 50.6 Å². The molecule has 2 rings (SSSR count). The lowest BCUT2D eigenvalue weighted by Crippen LogP contribution is -2.47. The van der Waals surface area contributed by atoms with Crippen molar-refractivity contribution in [2.75, 3.05) is 13.1 Å². The quantitative estimate of drug-likeness (QED) is 0.207. The number of urea groups is 2. The van der Waals surface area contributed by atoms with E-state index in [9.17, 15) is 29.4 Å². The van der Waals surface area contributed by atoms with E-state index in [1.165, 1.54) is 0 Å². The fourth-order valence-corrected chi connectivity index (χ4v) is 3.53. The van der Waals surface area contributed by atoms with Gasteiger partial charge in [-0.2, -0.15) is 0 Å². The van der Waals surface area contributed by atoms with Crippen molar-refractivity contribution in [1.29, 1.82) is 0 Å². The number of carbonyl (C=O) groups excluding carboxylic acids is 2. The molecule has 0 saturated carbocycles. The first kappa shape index (κ1) is 28.2. The second kappa shape index (κ2) is 15.8. The van der Waals surface area contributed by atoms with Crippen LogP contribution in [0.3, 0.4) is 0 Å². The summed E-state index contributed by atoms with van der Waals surface area (Å²) >= 11 is 0. The molecule has 0 bridgehead atoms. The molecule has 0 aliphatic heterocycles. The van der Waals surface area contributed by atoms with Gasteiger partial charge in [0.1, 0.15) is 12.1 Å². The molecular weight excluding hydrogens is 464 g/mol. The molecule has 36 heavy (non-hydrogen) atoms. The van der Waals surface area contributed by atoms with E-state index < -0.39 is 36.1 Å². The summed E-state index contributed by atoms with van der Waals surface area (Å²) in [6, 6.07) is 15.1. The van der Waals surface area contributed by atoms with Crippen molar-refractivity contribution in [3.05, 3.63) is 71.8 Å². The number of carbonyl (C=O) groups is 4. The fraction of sp³-hybridized carbons (Fsp3) is 0.385. The first-order valence-electron chi connectivity index (χ1n) is 12.0. The molecule has 0 aliphatic rings. The molecule has 2 aromatic rings. The molecule has 0 aromatic heterocycles. The highest BCUT2D eigenvalue weighted by Crippen LogP contribution is 2.05. The normalized spacial score (nSPS) is 12.1. The number of carboxylic acids is 2. The van der Waals surface area contributed by atoms with Crippen LogP contribution in [0, 0.1) is 0 Å². The minimum Gasteiger partial charge on any atom is -0.480 e. The van der Waals surface area contributed by atoms with Gasteiger partial charge in [-0.1, -0.05) is 73.5 Å². The number of nitrogens with one attached hydrogen (secondary N) is 4. The van der Waals surface area contributed by atoms with Gasteiger partial charge < -0.3 is 31.5 Å². The van der Waals surface area contributed by atoms with Crippen molar-refractivity contribution in [3.8, 4) is 0 Å². The summed E-state index contributed by atoms with van der Waals surface area (Å²) in [6.45, 7) is 0.800. The molecule has 0 saturated heterocycles. The lowest BCUT2D eigenvalue weighted by molar-refractivity contribution is -0.140. The van der Waals surface area contributed by atoms with Crippen molar-refractivity contribution in [1.82, 2.24) is 21.3 Å². The summed E-state index contributed by atoms with van der Waals surface area (Å²) < 4.78 is 0. The predicted octanol–water partition coefficient (Wildman–Crippen LogP) is 2.54. The Kier molecular flexibility index (Phi) is 12.3. The number of amides is 4. The van der Waals surface area contributed by atoms with E-state index in [4.69, 9.17) is 0 Å². The van der Waals surface area contributed by atoms with E-state index >= 15 is 0 Å². The Morgan fingerprint density at radius 3 is 1.28 bits per heavy atom. The minimum atomic E-state index is -1.10.